The summed E-state index contributed by atoms with van der Waals surface area (Å²) >= 11 is 0. The van der Waals surface area contributed by atoms with Crippen LogP contribution in [0.3, 0.4) is 0 Å². The van der Waals surface area contributed by atoms with E-state index in [1.165, 1.54) is 6.07 Å². The van der Waals surface area contributed by atoms with Crippen molar-refractivity contribution in [1.82, 2.24) is 10.6 Å². The molecule has 0 bridgehead atoms. The minimum absolute atomic E-state index is 0.0155. The van der Waals surface area contributed by atoms with Gasteiger partial charge < -0.3 is 15.4 Å². The van der Waals surface area contributed by atoms with Gasteiger partial charge >= 0.3 is 18.3 Å². The van der Waals surface area contributed by atoms with Crippen molar-refractivity contribution >= 4 is 11.8 Å². The van der Waals surface area contributed by atoms with E-state index in [4.69, 9.17) is 4.74 Å². The first-order valence-corrected chi connectivity index (χ1v) is 11.6. The van der Waals surface area contributed by atoms with Crippen molar-refractivity contribution in [1.29, 1.82) is 0 Å². The first kappa shape index (κ1) is 32.5. The molecule has 1 aromatic rings. The highest BCUT2D eigenvalue weighted by Gasteiger charge is 2.41. The van der Waals surface area contributed by atoms with Crippen LogP contribution in [0.1, 0.15) is 78.9 Å². The second kappa shape index (κ2) is 13.6. The lowest BCUT2D eigenvalue weighted by Crippen LogP contribution is -2.42. The normalized spacial score (nSPS) is 17.9. The van der Waals surface area contributed by atoms with Crippen LogP contribution < -0.4 is 15.4 Å². The Labute approximate surface area is 203 Å². The number of hydrogen-bond donors (Lipinski definition) is 2. The smallest absolute Gasteiger partial charge is 0.471 e. The Bertz CT molecular complexity index is 817. The number of ether oxygens (including phenoxy) is 1. The Hall–Kier alpha value is -2.46. The highest BCUT2D eigenvalue weighted by atomic mass is 19.4. The minimum atomic E-state index is -5.01. The summed E-state index contributed by atoms with van der Waals surface area (Å²) in [6.07, 6.45) is -9.12. The van der Waals surface area contributed by atoms with Gasteiger partial charge in [-0.25, -0.2) is 0 Å². The maximum absolute atomic E-state index is 13.1. The van der Waals surface area contributed by atoms with Crippen molar-refractivity contribution < 1.29 is 40.7 Å². The van der Waals surface area contributed by atoms with Crippen molar-refractivity contribution in [2.45, 2.75) is 98.3 Å². The van der Waals surface area contributed by atoms with Crippen LogP contribution in [0.4, 0.5) is 26.3 Å². The van der Waals surface area contributed by atoms with Gasteiger partial charge in [0.05, 0.1) is 5.56 Å². The van der Waals surface area contributed by atoms with Crippen LogP contribution in [-0.4, -0.2) is 29.6 Å². The maximum atomic E-state index is 13.1. The van der Waals surface area contributed by atoms with E-state index in [0.29, 0.717) is 0 Å². The summed E-state index contributed by atoms with van der Waals surface area (Å²) in [5.74, 6) is -3.05. The summed E-state index contributed by atoms with van der Waals surface area (Å²) in [5.41, 5.74) is -1.46. The molecule has 11 heteroatoms. The van der Waals surface area contributed by atoms with Gasteiger partial charge in [0.1, 0.15) is 11.4 Å². The summed E-state index contributed by atoms with van der Waals surface area (Å²) in [7, 11) is 0. The third kappa shape index (κ3) is 11.2. The Morgan fingerprint density at radius 1 is 0.971 bits per heavy atom. The van der Waals surface area contributed by atoms with E-state index in [1.54, 1.807) is 20.8 Å². The SMILES string of the molecule is CC.CC.CC(C)(C)Oc1ccc(C(F)(F)F)cc1CNC(=O)C1CCC(NC(=O)C(F)(F)F)C1. The van der Waals surface area contributed by atoms with Crippen molar-refractivity contribution in [2.24, 2.45) is 5.92 Å². The van der Waals surface area contributed by atoms with Crippen molar-refractivity contribution in [3.8, 4) is 5.75 Å². The van der Waals surface area contributed by atoms with Crippen LogP contribution in [0.5, 0.6) is 5.75 Å². The molecule has 2 N–H and O–H groups in total. The molecule has 5 nitrogen and oxygen atoms in total. The van der Waals surface area contributed by atoms with E-state index in [0.717, 1.165) is 12.1 Å². The number of benzene rings is 1. The van der Waals surface area contributed by atoms with Crippen molar-refractivity contribution in [2.75, 3.05) is 0 Å². The Morgan fingerprint density at radius 2 is 1.54 bits per heavy atom. The summed E-state index contributed by atoms with van der Waals surface area (Å²) in [4.78, 5) is 23.4. The quantitative estimate of drug-likeness (QED) is 0.447. The lowest BCUT2D eigenvalue weighted by molar-refractivity contribution is -0.174. The number of carbonyl (C=O) groups excluding carboxylic acids is 2. The molecule has 2 amide bonds. The lowest BCUT2D eigenvalue weighted by atomic mass is 10.1. The Morgan fingerprint density at radius 3 is 2.03 bits per heavy atom. The zero-order valence-corrected chi connectivity index (χ0v) is 21.2. The molecule has 0 radical (unpaired) electrons. The van der Waals surface area contributed by atoms with Gasteiger partial charge in [0.2, 0.25) is 5.91 Å². The van der Waals surface area contributed by atoms with E-state index in [2.05, 4.69) is 5.32 Å². The molecule has 0 spiro atoms. The number of halogens is 6. The molecule has 1 saturated carbocycles. The average molecular weight is 515 g/mol. The van der Waals surface area contributed by atoms with Gasteiger partial charge in [0.25, 0.3) is 0 Å². The van der Waals surface area contributed by atoms with E-state index in [9.17, 15) is 35.9 Å². The number of amides is 2. The van der Waals surface area contributed by atoms with Crippen molar-refractivity contribution in [3.63, 3.8) is 0 Å². The predicted octanol–water partition coefficient (Wildman–Crippen LogP) is 6.40. The van der Waals surface area contributed by atoms with Crippen LogP contribution in [0, 0.1) is 5.92 Å². The Kier molecular flexibility index (Phi) is 12.6. The fourth-order valence-corrected chi connectivity index (χ4v) is 3.27. The van der Waals surface area contributed by atoms with Gasteiger partial charge in [-0.3, -0.25) is 9.59 Å². The molecule has 202 valence electrons. The number of carbonyl (C=O) groups is 2. The molecule has 1 aliphatic rings. The number of rotatable bonds is 5. The van der Waals surface area contributed by atoms with Gasteiger partial charge in [0, 0.05) is 24.1 Å². The molecule has 0 aliphatic heterocycles. The zero-order chi connectivity index (χ0) is 27.6. The predicted molar refractivity (Wildman–Crippen MR) is 122 cm³/mol. The highest BCUT2D eigenvalue weighted by Crippen LogP contribution is 2.34. The summed E-state index contributed by atoms with van der Waals surface area (Å²) in [6, 6.07) is 2.17. The van der Waals surface area contributed by atoms with Gasteiger partial charge in [-0.2, -0.15) is 26.3 Å². The third-order valence-electron chi connectivity index (χ3n) is 4.65. The fourth-order valence-electron chi connectivity index (χ4n) is 3.27. The maximum Gasteiger partial charge on any atom is 0.471 e. The lowest BCUT2D eigenvalue weighted by Gasteiger charge is -2.24. The van der Waals surface area contributed by atoms with E-state index in [-0.39, 0.29) is 37.1 Å². The monoisotopic (exact) mass is 514 g/mol. The van der Waals surface area contributed by atoms with E-state index in [1.807, 2.05) is 33.0 Å². The third-order valence-corrected chi connectivity index (χ3v) is 4.65. The Balaban J connectivity index is 0.00000274. The minimum Gasteiger partial charge on any atom is -0.488 e. The molecular weight excluding hydrogens is 478 g/mol. The zero-order valence-electron chi connectivity index (χ0n) is 21.2. The summed E-state index contributed by atoms with van der Waals surface area (Å²) < 4.78 is 82.0. The molecule has 2 unspecified atom stereocenters. The molecule has 2 rings (SSSR count). The van der Waals surface area contributed by atoms with Gasteiger partial charge in [-0.15, -0.1) is 0 Å². The fraction of sp³-hybridized carbons (Fsp3) is 0.667. The van der Waals surface area contributed by atoms with Gasteiger partial charge in [-0.1, -0.05) is 27.7 Å². The highest BCUT2D eigenvalue weighted by molar-refractivity contribution is 5.82. The van der Waals surface area contributed by atoms with Crippen LogP contribution in [0.15, 0.2) is 18.2 Å². The molecule has 1 fully saturated rings. The molecule has 1 aliphatic carbocycles. The van der Waals surface area contributed by atoms with E-state index >= 15 is 0 Å². The topological polar surface area (TPSA) is 67.4 Å². The molecule has 1 aromatic carbocycles. The average Bonchev–Trinajstić information content (AvgIpc) is 3.22. The first-order chi connectivity index (χ1) is 16.1. The molecule has 2 atom stereocenters. The standard InChI is InChI=1S/C20H24F6N2O3.2C2H6/c1-18(2,3)31-15-7-5-13(19(21,22)23)8-12(15)10-27-16(29)11-4-6-14(9-11)28-17(30)20(24,25)26;2*1-2/h5,7-8,11,14H,4,6,9-10H2,1-3H3,(H,27,29)(H,28,30);2*1-2H3. The molecule has 0 saturated heterocycles. The molecule has 0 heterocycles. The molecule has 35 heavy (non-hydrogen) atoms. The van der Waals surface area contributed by atoms with Crippen LogP contribution in [0.2, 0.25) is 0 Å². The van der Waals surface area contributed by atoms with Crippen LogP contribution >= 0.6 is 0 Å². The van der Waals surface area contributed by atoms with Crippen LogP contribution in [-0.2, 0) is 22.3 Å². The number of alkyl halides is 6. The van der Waals surface area contributed by atoms with Gasteiger partial charge in [0.15, 0.2) is 0 Å². The van der Waals surface area contributed by atoms with Gasteiger partial charge in [-0.05, 0) is 58.2 Å². The van der Waals surface area contributed by atoms with E-state index < -0.39 is 47.3 Å². The molecule has 0 aromatic heterocycles. The first-order valence-electron chi connectivity index (χ1n) is 11.6. The summed E-state index contributed by atoms with van der Waals surface area (Å²) in [6.45, 7) is 12.9. The second-order valence-corrected chi connectivity index (χ2v) is 8.43. The second-order valence-electron chi connectivity index (χ2n) is 8.43. The number of hydrogen-bond acceptors (Lipinski definition) is 3. The van der Waals surface area contributed by atoms with Crippen molar-refractivity contribution in [3.05, 3.63) is 29.3 Å². The van der Waals surface area contributed by atoms with Crippen LogP contribution in [0.25, 0.3) is 0 Å². The summed E-state index contributed by atoms with van der Waals surface area (Å²) in [5, 5.41) is 4.38. The largest absolute Gasteiger partial charge is 0.488 e. The number of nitrogens with one attached hydrogen (secondary N) is 2. The molecular formula is C24H36F6N2O3.